The fraction of sp³-hybridized carbons (Fsp3) is 0.667. The molecule has 1 aromatic heterocycles. The summed E-state index contributed by atoms with van der Waals surface area (Å²) in [5.41, 5.74) is 0. The molecule has 0 aliphatic carbocycles. The third-order valence-corrected chi connectivity index (χ3v) is 1.42. The highest BCUT2D eigenvalue weighted by atomic mass is 16.5. The summed E-state index contributed by atoms with van der Waals surface area (Å²) in [7, 11) is 1.52. The fourth-order valence-electron chi connectivity index (χ4n) is 0.844. The molecule has 7 heteroatoms. The van der Waals surface area contributed by atoms with Crippen LogP contribution in [0.3, 0.4) is 0 Å². The topological polar surface area (TPSA) is 90.1 Å². The Kier molecular flexibility index (Phi) is 3.32. The van der Waals surface area contributed by atoms with Gasteiger partial charge in [0.25, 0.3) is 0 Å². The minimum Gasteiger partial charge on any atom is -0.481 e. The van der Waals surface area contributed by atoms with Crippen LogP contribution >= 0.6 is 0 Å². The molecule has 7 nitrogen and oxygen atoms in total. The van der Waals surface area contributed by atoms with E-state index in [9.17, 15) is 4.79 Å². The van der Waals surface area contributed by atoms with E-state index in [1.165, 1.54) is 11.8 Å². The van der Waals surface area contributed by atoms with Gasteiger partial charge in [0.2, 0.25) is 0 Å². The lowest BCUT2D eigenvalue weighted by atomic mass is 10.3. The Morgan fingerprint density at radius 1 is 1.69 bits per heavy atom. The molecule has 0 saturated heterocycles. The van der Waals surface area contributed by atoms with Crippen molar-refractivity contribution in [2.75, 3.05) is 7.11 Å². The van der Waals surface area contributed by atoms with E-state index in [0.29, 0.717) is 12.2 Å². The first-order valence-electron chi connectivity index (χ1n) is 3.70. The maximum Gasteiger partial charge on any atom is 0.303 e. The number of aliphatic carboxylic acids is 1. The van der Waals surface area contributed by atoms with Gasteiger partial charge < -0.3 is 9.84 Å². The molecule has 1 heterocycles. The van der Waals surface area contributed by atoms with Gasteiger partial charge in [-0.2, -0.15) is 0 Å². The van der Waals surface area contributed by atoms with E-state index >= 15 is 0 Å². The summed E-state index contributed by atoms with van der Waals surface area (Å²) in [5.74, 6) is -0.351. The van der Waals surface area contributed by atoms with Crippen LogP contribution in [0.1, 0.15) is 12.2 Å². The molecule has 0 fully saturated rings. The molecular formula is C6H10N4O3. The van der Waals surface area contributed by atoms with Crippen molar-refractivity contribution >= 4 is 5.97 Å². The first kappa shape index (κ1) is 9.59. The monoisotopic (exact) mass is 186 g/mol. The molecule has 0 aromatic carbocycles. The van der Waals surface area contributed by atoms with Crippen LogP contribution in [0.5, 0.6) is 0 Å². The Morgan fingerprint density at radius 3 is 3.08 bits per heavy atom. The third-order valence-electron chi connectivity index (χ3n) is 1.42. The molecule has 13 heavy (non-hydrogen) atoms. The van der Waals surface area contributed by atoms with Crippen molar-refractivity contribution in [1.82, 2.24) is 20.2 Å². The number of ether oxygens (including phenoxy) is 1. The summed E-state index contributed by atoms with van der Waals surface area (Å²) in [5, 5.41) is 19.1. The second kappa shape index (κ2) is 4.51. The number of nitrogens with zero attached hydrogens (tertiary/aromatic N) is 4. The molecule has 0 atom stereocenters. The largest absolute Gasteiger partial charge is 0.481 e. The fourth-order valence-corrected chi connectivity index (χ4v) is 0.844. The summed E-state index contributed by atoms with van der Waals surface area (Å²) < 4.78 is 6.23. The summed E-state index contributed by atoms with van der Waals surface area (Å²) >= 11 is 0. The molecule has 0 unspecified atom stereocenters. The van der Waals surface area contributed by atoms with E-state index in [4.69, 9.17) is 9.84 Å². The summed E-state index contributed by atoms with van der Waals surface area (Å²) in [6, 6.07) is 0. The Morgan fingerprint density at radius 2 is 2.46 bits per heavy atom. The van der Waals surface area contributed by atoms with Crippen LogP contribution in [0.4, 0.5) is 0 Å². The van der Waals surface area contributed by atoms with Gasteiger partial charge in [-0.3, -0.25) is 4.79 Å². The molecule has 0 spiro atoms. The van der Waals surface area contributed by atoms with Crippen molar-refractivity contribution in [3.63, 3.8) is 0 Å². The number of carbonyl (C=O) groups is 1. The Bertz CT molecular complexity index is 285. The molecule has 1 aromatic rings. The van der Waals surface area contributed by atoms with Gasteiger partial charge in [-0.15, -0.1) is 5.10 Å². The number of aromatic nitrogens is 4. The van der Waals surface area contributed by atoms with E-state index in [1.807, 2.05) is 0 Å². The second-order valence-corrected chi connectivity index (χ2v) is 2.41. The zero-order valence-electron chi connectivity index (χ0n) is 7.17. The second-order valence-electron chi connectivity index (χ2n) is 2.41. The summed E-state index contributed by atoms with van der Waals surface area (Å²) in [6.07, 6.45) is 0.329. The molecule has 0 aliphatic rings. The quantitative estimate of drug-likeness (QED) is 0.653. The standard InChI is InChI=1S/C6H10N4O3/c1-13-4-10-5(7-8-9-10)2-3-6(11)12/h2-4H2,1H3,(H,11,12). The maximum absolute atomic E-state index is 10.3. The Balaban J connectivity index is 2.54. The molecule has 0 bridgehead atoms. The van der Waals surface area contributed by atoms with Crippen LogP contribution in [0.2, 0.25) is 0 Å². The van der Waals surface area contributed by atoms with Crippen LogP contribution < -0.4 is 0 Å². The van der Waals surface area contributed by atoms with Crippen molar-refractivity contribution in [3.8, 4) is 0 Å². The van der Waals surface area contributed by atoms with E-state index in [1.54, 1.807) is 0 Å². The zero-order chi connectivity index (χ0) is 9.68. The number of carboxylic acids is 1. The SMILES string of the molecule is COCn1nnnc1CCC(=O)O. The first-order valence-corrected chi connectivity index (χ1v) is 3.70. The van der Waals surface area contributed by atoms with Crippen LogP contribution in [0.25, 0.3) is 0 Å². The predicted octanol–water partition coefficient (Wildman–Crippen LogP) is -0.706. The molecule has 1 N–H and O–H groups in total. The molecule has 0 radical (unpaired) electrons. The van der Waals surface area contributed by atoms with Crippen LogP contribution in [-0.2, 0) is 22.7 Å². The van der Waals surface area contributed by atoms with Crippen molar-refractivity contribution < 1.29 is 14.6 Å². The molecule has 0 aliphatic heterocycles. The van der Waals surface area contributed by atoms with Crippen LogP contribution in [0.15, 0.2) is 0 Å². The van der Waals surface area contributed by atoms with Crippen LogP contribution in [0, 0.1) is 0 Å². The van der Waals surface area contributed by atoms with E-state index in [2.05, 4.69) is 15.5 Å². The number of aryl methyl sites for hydroxylation is 1. The van der Waals surface area contributed by atoms with Crippen molar-refractivity contribution in [1.29, 1.82) is 0 Å². The Hall–Kier alpha value is -1.50. The molecule has 72 valence electrons. The average Bonchev–Trinajstić information content (AvgIpc) is 2.49. The minimum atomic E-state index is -0.869. The maximum atomic E-state index is 10.3. The van der Waals surface area contributed by atoms with Crippen molar-refractivity contribution in [3.05, 3.63) is 5.82 Å². The molecular weight excluding hydrogens is 176 g/mol. The van der Waals surface area contributed by atoms with Crippen molar-refractivity contribution in [2.24, 2.45) is 0 Å². The highest BCUT2D eigenvalue weighted by Gasteiger charge is 2.07. The number of methoxy groups -OCH3 is 1. The van der Waals surface area contributed by atoms with Gasteiger partial charge in [0.1, 0.15) is 6.73 Å². The Labute approximate surface area is 74.3 Å². The number of tetrazole rings is 1. The first-order chi connectivity index (χ1) is 6.24. The van der Waals surface area contributed by atoms with Gasteiger partial charge in [0.15, 0.2) is 5.82 Å². The lowest BCUT2D eigenvalue weighted by Crippen LogP contribution is -2.09. The molecule has 0 amide bonds. The smallest absolute Gasteiger partial charge is 0.303 e. The van der Waals surface area contributed by atoms with Gasteiger partial charge in [0.05, 0.1) is 6.42 Å². The lowest BCUT2D eigenvalue weighted by molar-refractivity contribution is -0.137. The summed E-state index contributed by atoms with van der Waals surface area (Å²) in [4.78, 5) is 10.3. The minimum absolute atomic E-state index is 0.0179. The number of rotatable bonds is 5. The average molecular weight is 186 g/mol. The van der Waals surface area contributed by atoms with Gasteiger partial charge in [-0.25, -0.2) is 4.68 Å². The number of hydrogen-bond acceptors (Lipinski definition) is 5. The number of hydrogen-bond donors (Lipinski definition) is 1. The highest BCUT2D eigenvalue weighted by molar-refractivity contribution is 5.66. The van der Waals surface area contributed by atoms with Gasteiger partial charge in [-0.1, -0.05) is 0 Å². The predicted molar refractivity (Wildman–Crippen MR) is 40.8 cm³/mol. The van der Waals surface area contributed by atoms with E-state index in [0.717, 1.165) is 0 Å². The number of carboxylic acid groups (broad SMARTS) is 1. The molecule has 0 saturated carbocycles. The van der Waals surface area contributed by atoms with E-state index < -0.39 is 5.97 Å². The molecule has 1 rings (SSSR count). The van der Waals surface area contributed by atoms with Gasteiger partial charge in [-0.05, 0) is 10.4 Å². The third kappa shape index (κ3) is 2.79. The van der Waals surface area contributed by atoms with Crippen LogP contribution in [-0.4, -0.2) is 38.4 Å². The highest BCUT2D eigenvalue weighted by Crippen LogP contribution is 1.97. The van der Waals surface area contributed by atoms with Gasteiger partial charge in [0, 0.05) is 13.5 Å². The van der Waals surface area contributed by atoms with Gasteiger partial charge >= 0.3 is 5.97 Å². The van der Waals surface area contributed by atoms with Crippen molar-refractivity contribution in [2.45, 2.75) is 19.6 Å². The van der Waals surface area contributed by atoms with E-state index in [-0.39, 0.29) is 13.2 Å². The lowest BCUT2D eigenvalue weighted by Gasteiger charge is -2.00. The normalized spacial score (nSPS) is 10.2. The summed E-state index contributed by atoms with van der Waals surface area (Å²) in [6.45, 7) is 0.238. The zero-order valence-corrected chi connectivity index (χ0v) is 7.17.